The number of ketones is 1. The fourth-order valence-corrected chi connectivity index (χ4v) is 6.93. The van der Waals surface area contributed by atoms with Gasteiger partial charge in [-0.1, -0.05) is 0 Å². The van der Waals surface area contributed by atoms with Crippen molar-refractivity contribution in [3.8, 4) is 0 Å². The second kappa shape index (κ2) is 7.12. The summed E-state index contributed by atoms with van der Waals surface area (Å²) in [5, 5.41) is 0. The number of piperidine rings is 1. The van der Waals surface area contributed by atoms with Gasteiger partial charge in [-0.2, -0.15) is 0 Å². The number of Topliss-reactive ketones (excluding diaryl/α,β-unsaturated/α-hetero) is 1. The van der Waals surface area contributed by atoms with Gasteiger partial charge in [-0.15, -0.1) is 0 Å². The SMILES string of the molecule is CC(=O)[C@H]1CC([Se]c2ccccc2)[C@H]2CC[C@@H]1N2C(=O)OC(C)(C)C. The molecule has 25 heavy (non-hydrogen) atoms. The van der Waals surface area contributed by atoms with Crippen LogP contribution in [0.15, 0.2) is 30.3 Å². The normalized spacial score (nSPS) is 28.7. The predicted octanol–water partition coefficient (Wildman–Crippen LogP) is 3.18. The van der Waals surface area contributed by atoms with Crippen LogP contribution in [-0.4, -0.2) is 49.4 Å². The Morgan fingerprint density at radius 2 is 1.76 bits per heavy atom. The van der Waals surface area contributed by atoms with Crippen LogP contribution in [0, 0.1) is 5.92 Å². The van der Waals surface area contributed by atoms with Gasteiger partial charge in [-0.25, -0.2) is 0 Å². The molecule has 2 heterocycles. The maximum atomic E-state index is 12.8. The quantitative estimate of drug-likeness (QED) is 0.722. The van der Waals surface area contributed by atoms with Gasteiger partial charge in [0.05, 0.1) is 0 Å². The van der Waals surface area contributed by atoms with E-state index >= 15 is 0 Å². The van der Waals surface area contributed by atoms with E-state index in [0.717, 1.165) is 19.3 Å². The topological polar surface area (TPSA) is 46.6 Å². The summed E-state index contributed by atoms with van der Waals surface area (Å²) in [5.41, 5.74) is -0.514. The molecule has 0 spiro atoms. The number of carbonyl (C=O) groups is 2. The number of amides is 1. The molecule has 3 rings (SSSR count). The van der Waals surface area contributed by atoms with Crippen LogP contribution in [0.3, 0.4) is 0 Å². The molecule has 4 nitrogen and oxygen atoms in total. The number of ether oxygens (including phenoxy) is 1. The predicted molar refractivity (Wildman–Crippen MR) is 99.3 cm³/mol. The van der Waals surface area contributed by atoms with Crippen LogP contribution in [0.2, 0.25) is 4.82 Å². The third kappa shape index (κ3) is 4.09. The second-order valence-electron chi connectivity index (χ2n) is 8.02. The van der Waals surface area contributed by atoms with Crippen molar-refractivity contribution in [1.29, 1.82) is 0 Å². The van der Waals surface area contributed by atoms with Crippen molar-refractivity contribution in [3.05, 3.63) is 30.3 Å². The molecule has 2 aliphatic rings. The minimum atomic E-state index is -0.514. The molecule has 1 unspecified atom stereocenters. The fourth-order valence-electron chi connectivity index (χ4n) is 4.01. The summed E-state index contributed by atoms with van der Waals surface area (Å²) >= 11 is 0.245. The van der Waals surface area contributed by atoms with E-state index in [4.69, 9.17) is 4.74 Å². The molecule has 0 N–H and O–H groups in total. The molecule has 2 saturated heterocycles. The summed E-state index contributed by atoms with van der Waals surface area (Å²) in [7, 11) is 0. The van der Waals surface area contributed by atoms with Crippen LogP contribution in [0.25, 0.3) is 0 Å². The minimum absolute atomic E-state index is 0.0140. The van der Waals surface area contributed by atoms with Gasteiger partial charge in [-0.3, -0.25) is 0 Å². The van der Waals surface area contributed by atoms with E-state index in [9.17, 15) is 9.59 Å². The van der Waals surface area contributed by atoms with E-state index in [0.29, 0.717) is 4.82 Å². The van der Waals surface area contributed by atoms with Gasteiger partial charge in [0.15, 0.2) is 0 Å². The van der Waals surface area contributed by atoms with Crippen molar-refractivity contribution < 1.29 is 14.3 Å². The first kappa shape index (κ1) is 18.5. The Balaban J connectivity index is 1.85. The average Bonchev–Trinajstić information content (AvgIpc) is 2.87. The van der Waals surface area contributed by atoms with Crippen molar-refractivity contribution in [2.45, 2.75) is 69.5 Å². The van der Waals surface area contributed by atoms with Gasteiger partial charge in [0.25, 0.3) is 0 Å². The third-order valence-corrected chi connectivity index (χ3v) is 7.85. The Kier molecular flexibility index (Phi) is 5.26. The van der Waals surface area contributed by atoms with Gasteiger partial charge in [0.2, 0.25) is 0 Å². The Bertz CT molecular complexity index is 640. The zero-order valence-electron chi connectivity index (χ0n) is 15.4. The first-order valence-electron chi connectivity index (χ1n) is 9.00. The summed E-state index contributed by atoms with van der Waals surface area (Å²) < 4.78 is 7.00. The molecular formula is C20H27NO3Se. The van der Waals surface area contributed by atoms with E-state index in [1.165, 1.54) is 4.46 Å². The molecule has 5 heteroatoms. The first-order valence-corrected chi connectivity index (χ1v) is 10.8. The summed E-state index contributed by atoms with van der Waals surface area (Å²) in [5.74, 6) is 0.148. The number of hydrogen-bond donors (Lipinski definition) is 0. The number of nitrogens with zero attached hydrogens (tertiary/aromatic N) is 1. The zero-order valence-corrected chi connectivity index (χ0v) is 17.1. The number of hydrogen-bond acceptors (Lipinski definition) is 3. The van der Waals surface area contributed by atoms with Crippen molar-refractivity contribution in [3.63, 3.8) is 0 Å². The van der Waals surface area contributed by atoms with E-state index in [1.54, 1.807) is 6.92 Å². The summed E-state index contributed by atoms with van der Waals surface area (Å²) in [6.07, 6.45) is 2.54. The van der Waals surface area contributed by atoms with E-state index in [1.807, 2.05) is 31.7 Å². The fraction of sp³-hybridized carbons (Fsp3) is 0.600. The van der Waals surface area contributed by atoms with Crippen molar-refractivity contribution >= 4 is 31.3 Å². The molecule has 0 radical (unpaired) electrons. The van der Waals surface area contributed by atoms with Crippen LogP contribution in [0.5, 0.6) is 0 Å². The molecule has 2 fully saturated rings. The summed E-state index contributed by atoms with van der Waals surface area (Å²) in [6.45, 7) is 7.35. The van der Waals surface area contributed by atoms with Gasteiger partial charge in [-0.05, 0) is 0 Å². The standard InChI is InChI=1S/C20H27NO3Se/c1-13(22)15-12-18(25-14-8-6-5-7-9-14)17-11-10-16(15)21(17)19(23)24-20(2,3)4/h5-9,15-18H,10-12H2,1-4H3/t15-,16+,17-,18?/m1/s1. The molecule has 1 aromatic rings. The van der Waals surface area contributed by atoms with Gasteiger partial charge >= 0.3 is 156 Å². The van der Waals surface area contributed by atoms with Crippen molar-refractivity contribution in [2.75, 3.05) is 0 Å². The van der Waals surface area contributed by atoms with Gasteiger partial charge in [0, 0.05) is 0 Å². The maximum absolute atomic E-state index is 12.8. The van der Waals surface area contributed by atoms with Crippen molar-refractivity contribution in [1.82, 2.24) is 4.90 Å². The molecule has 1 aromatic carbocycles. The Morgan fingerprint density at radius 3 is 2.36 bits per heavy atom. The van der Waals surface area contributed by atoms with Gasteiger partial charge in [0.1, 0.15) is 0 Å². The number of rotatable bonds is 3. The summed E-state index contributed by atoms with van der Waals surface area (Å²) in [4.78, 5) is 27.4. The zero-order chi connectivity index (χ0) is 18.2. The van der Waals surface area contributed by atoms with Crippen LogP contribution >= 0.6 is 0 Å². The molecule has 1 amide bonds. The van der Waals surface area contributed by atoms with E-state index in [2.05, 4.69) is 24.3 Å². The van der Waals surface area contributed by atoms with Crippen LogP contribution in [0.1, 0.15) is 47.0 Å². The Morgan fingerprint density at radius 1 is 1.12 bits per heavy atom. The second-order valence-corrected chi connectivity index (χ2v) is 10.8. The molecule has 0 aliphatic carbocycles. The molecule has 0 aromatic heterocycles. The van der Waals surface area contributed by atoms with Gasteiger partial charge < -0.3 is 0 Å². The monoisotopic (exact) mass is 409 g/mol. The third-order valence-electron chi connectivity index (χ3n) is 5.01. The number of benzene rings is 1. The van der Waals surface area contributed by atoms with Crippen LogP contribution in [0.4, 0.5) is 4.79 Å². The van der Waals surface area contributed by atoms with Crippen LogP contribution in [-0.2, 0) is 9.53 Å². The summed E-state index contributed by atoms with van der Waals surface area (Å²) in [6, 6.07) is 10.7. The molecule has 0 saturated carbocycles. The average molecular weight is 408 g/mol. The first-order chi connectivity index (χ1) is 11.8. The molecule has 2 aliphatic heterocycles. The molecule has 136 valence electrons. The van der Waals surface area contributed by atoms with E-state index in [-0.39, 0.29) is 44.8 Å². The van der Waals surface area contributed by atoms with Crippen LogP contribution < -0.4 is 4.46 Å². The molecule has 4 atom stereocenters. The Labute approximate surface area is 156 Å². The number of fused-ring (bicyclic) bond motifs is 2. The molecule has 2 bridgehead atoms. The van der Waals surface area contributed by atoms with Crippen molar-refractivity contribution in [2.24, 2.45) is 5.92 Å². The molecular weight excluding hydrogens is 381 g/mol. The number of carbonyl (C=O) groups excluding carboxylic acids is 2. The Hall–Kier alpha value is -1.32. The van der Waals surface area contributed by atoms with E-state index < -0.39 is 5.60 Å².